The highest BCUT2D eigenvalue weighted by Gasteiger charge is 2.34. The minimum Gasteiger partial charge on any atom is -0.357 e. The van der Waals surface area contributed by atoms with E-state index in [0.29, 0.717) is 5.69 Å². The number of amides is 2. The Bertz CT molecular complexity index is 1570. The third-order valence-electron chi connectivity index (χ3n) is 6.88. The molecule has 41 heavy (non-hydrogen) atoms. The molecule has 4 rings (SSSR count). The molecule has 0 bridgehead atoms. The first kappa shape index (κ1) is 29.6. The predicted molar refractivity (Wildman–Crippen MR) is 162 cm³/mol. The van der Waals surface area contributed by atoms with Gasteiger partial charge in [-0.25, -0.2) is 8.42 Å². The summed E-state index contributed by atoms with van der Waals surface area (Å²) in [6, 6.07) is 31.4. The third kappa shape index (κ3) is 7.41. The monoisotopic (exact) mass is 569 g/mol. The molecule has 1 N–H and O–H groups in total. The van der Waals surface area contributed by atoms with Gasteiger partial charge in [-0.05, 0) is 49.2 Å². The third-order valence-corrected chi connectivity index (χ3v) is 8.67. The molecule has 0 aromatic heterocycles. The number of nitrogens with zero attached hydrogens (tertiary/aromatic N) is 2. The fourth-order valence-electron chi connectivity index (χ4n) is 4.69. The van der Waals surface area contributed by atoms with E-state index >= 15 is 0 Å². The highest BCUT2D eigenvalue weighted by atomic mass is 32.2. The van der Waals surface area contributed by atoms with Crippen LogP contribution in [-0.4, -0.2) is 44.8 Å². The lowest BCUT2D eigenvalue weighted by molar-refractivity contribution is -0.139. The van der Waals surface area contributed by atoms with Crippen LogP contribution in [-0.2, 0) is 32.6 Å². The number of carbonyl (C=O) groups is 2. The van der Waals surface area contributed by atoms with E-state index in [9.17, 15) is 18.0 Å². The summed E-state index contributed by atoms with van der Waals surface area (Å²) >= 11 is 0. The lowest BCUT2D eigenvalue weighted by Gasteiger charge is -2.33. The summed E-state index contributed by atoms with van der Waals surface area (Å²) in [5, 5.41) is 2.70. The Labute approximate surface area is 242 Å². The zero-order valence-electron chi connectivity index (χ0n) is 23.5. The Kier molecular flexibility index (Phi) is 9.57. The van der Waals surface area contributed by atoms with Gasteiger partial charge in [-0.2, -0.15) is 0 Å². The highest BCUT2D eigenvalue weighted by molar-refractivity contribution is 7.92. The number of aryl methyl sites for hydroxylation is 2. The van der Waals surface area contributed by atoms with Gasteiger partial charge in [0.2, 0.25) is 11.8 Å². The van der Waals surface area contributed by atoms with Crippen molar-refractivity contribution in [2.24, 2.45) is 0 Å². The lowest BCUT2D eigenvalue weighted by atomic mass is 10.0. The number of hydrogen-bond acceptors (Lipinski definition) is 4. The maximum atomic E-state index is 14.3. The van der Waals surface area contributed by atoms with Crippen molar-refractivity contribution in [3.05, 3.63) is 131 Å². The molecular weight excluding hydrogens is 534 g/mol. The van der Waals surface area contributed by atoms with Crippen molar-refractivity contribution in [1.29, 1.82) is 0 Å². The summed E-state index contributed by atoms with van der Waals surface area (Å²) in [5.41, 5.74) is 4.06. The molecular formula is C33H35N3O4S. The minimum absolute atomic E-state index is 0.0748. The Balaban J connectivity index is 1.78. The molecule has 0 aliphatic rings. The van der Waals surface area contributed by atoms with E-state index in [1.165, 1.54) is 24.1 Å². The van der Waals surface area contributed by atoms with Crippen LogP contribution in [0, 0.1) is 13.8 Å². The number of rotatable bonds is 11. The van der Waals surface area contributed by atoms with Crippen molar-refractivity contribution >= 4 is 27.5 Å². The second-order valence-electron chi connectivity index (χ2n) is 9.99. The van der Waals surface area contributed by atoms with Crippen molar-refractivity contribution in [1.82, 2.24) is 10.2 Å². The standard InChI is InChI=1S/C33H35N3O4S/c1-25-17-19-29(20-18-25)36(41(39,40)30-15-8-5-9-16-30)24-32(37)35(23-28-14-10-11-26(2)21-28)31(33(38)34-3)22-27-12-6-4-7-13-27/h4-21,31H,22-24H2,1-3H3,(H,34,38). The topological polar surface area (TPSA) is 86.8 Å². The van der Waals surface area contributed by atoms with Crippen LogP contribution in [0.3, 0.4) is 0 Å². The fourth-order valence-corrected chi connectivity index (χ4v) is 6.12. The molecule has 0 saturated carbocycles. The van der Waals surface area contributed by atoms with Gasteiger partial charge in [-0.1, -0.05) is 96.1 Å². The van der Waals surface area contributed by atoms with Crippen LogP contribution in [0.5, 0.6) is 0 Å². The second kappa shape index (κ2) is 13.3. The van der Waals surface area contributed by atoms with E-state index < -0.39 is 28.5 Å². The van der Waals surface area contributed by atoms with Crippen molar-refractivity contribution < 1.29 is 18.0 Å². The van der Waals surface area contributed by atoms with Gasteiger partial charge < -0.3 is 10.2 Å². The van der Waals surface area contributed by atoms with Crippen LogP contribution in [0.4, 0.5) is 5.69 Å². The predicted octanol–water partition coefficient (Wildman–Crippen LogP) is 4.88. The molecule has 0 heterocycles. The maximum absolute atomic E-state index is 14.3. The quantitative estimate of drug-likeness (QED) is 0.279. The summed E-state index contributed by atoms with van der Waals surface area (Å²) in [7, 11) is -2.56. The molecule has 4 aromatic rings. The summed E-state index contributed by atoms with van der Waals surface area (Å²) in [4.78, 5) is 29.1. The van der Waals surface area contributed by atoms with Gasteiger partial charge in [0.1, 0.15) is 12.6 Å². The zero-order chi connectivity index (χ0) is 29.4. The maximum Gasteiger partial charge on any atom is 0.264 e. The van der Waals surface area contributed by atoms with Crippen LogP contribution >= 0.6 is 0 Å². The number of sulfonamides is 1. The van der Waals surface area contributed by atoms with Gasteiger partial charge in [0.05, 0.1) is 10.6 Å². The van der Waals surface area contributed by atoms with Crippen molar-refractivity contribution in [3.63, 3.8) is 0 Å². The first-order chi connectivity index (χ1) is 19.7. The van der Waals surface area contributed by atoms with Crippen molar-refractivity contribution in [2.75, 3.05) is 17.9 Å². The molecule has 4 aromatic carbocycles. The molecule has 2 amide bonds. The first-order valence-corrected chi connectivity index (χ1v) is 14.9. The summed E-state index contributed by atoms with van der Waals surface area (Å²) in [6.07, 6.45) is 0.272. The van der Waals surface area contributed by atoms with E-state index in [1.54, 1.807) is 42.5 Å². The van der Waals surface area contributed by atoms with Gasteiger partial charge in [0.25, 0.3) is 10.0 Å². The zero-order valence-corrected chi connectivity index (χ0v) is 24.3. The first-order valence-electron chi connectivity index (χ1n) is 13.4. The molecule has 212 valence electrons. The van der Waals surface area contributed by atoms with E-state index in [4.69, 9.17) is 0 Å². The van der Waals surface area contributed by atoms with Crippen molar-refractivity contribution in [2.45, 2.75) is 37.8 Å². The number of carbonyl (C=O) groups excluding carboxylic acids is 2. The van der Waals surface area contributed by atoms with E-state index in [2.05, 4.69) is 5.32 Å². The van der Waals surface area contributed by atoms with Gasteiger partial charge in [0.15, 0.2) is 0 Å². The molecule has 1 atom stereocenters. The summed E-state index contributed by atoms with van der Waals surface area (Å²) < 4.78 is 28.9. The Morgan fingerprint density at radius 3 is 1.98 bits per heavy atom. The van der Waals surface area contributed by atoms with Gasteiger partial charge in [-0.15, -0.1) is 0 Å². The molecule has 0 spiro atoms. The molecule has 0 aliphatic heterocycles. The van der Waals surface area contributed by atoms with Gasteiger partial charge in [0, 0.05) is 20.0 Å². The van der Waals surface area contributed by atoms with E-state index in [1.807, 2.05) is 68.4 Å². The number of benzene rings is 4. The number of likely N-dealkylation sites (N-methyl/N-ethyl adjacent to an activating group) is 1. The Morgan fingerprint density at radius 1 is 0.756 bits per heavy atom. The van der Waals surface area contributed by atoms with Crippen LogP contribution in [0.15, 0.2) is 114 Å². The van der Waals surface area contributed by atoms with Crippen LogP contribution in [0.1, 0.15) is 22.3 Å². The number of nitrogens with one attached hydrogen (secondary N) is 1. The average Bonchev–Trinajstić information content (AvgIpc) is 2.98. The van der Waals surface area contributed by atoms with Gasteiger partial charge in [-0.3, -0.25) is 13.9 Å². The average molecular weight is 570 g/mol. The van der Waals surface area contributed by atoms with Crippen LogP contribution in [0.2, 0.25) is 0 Å². The van der Waals surface area contributed by atoms with Gasteiger partial charge >= 0.3 is 0 Å². The molecule has 8 heteroatoms. The molecule has 1 unspecified atom stereocenters. The number of anilines is 1. The molecule has 7 nitrogen and oxygen atoms in total. The van der Waals surface area contributed by atoms with Crippen molar-refractivity contribution in [3.8, 4) is 0 Å². The summed E-state index contributed by atoms with van der Waals surface area (Å²) in [6.45, 7) is 3.53. The van der Waals surface area contributed by atoms with Crippen LogP contribution in [0.25, 0.3) is 0 Å². The molecule has 0 radical (unpaired) electrons. The second-order valence-corrected chi connectivity index (χ2v) is 11.9. The van der Waals surface area contributed by atoms with E-state index in [-0.39, 0.29) is 23.8 Å². The van der Waals surface area contributed by atoms with Crippen LogP contribution < -0.4 is 9.62 Å². The minimum atomic E-state index is -4.10. The Hall–Kier alpha value is -4.43. The largest absolute Gasteiger partial charge is 0.357 e. The fraction of sp³-hybridized carbons (Fsp3) is 0.212. The lowest BCUT2D eigenvalue weighted by Crippen LogP contribution is -2.53. The SMILES string of the molecule is CNC(=O)C(Cc1ccccc1)N(Cc1cccc(C)c1)C(=O)CN(c1ccc(C)cc1)S(=O)(=O)c1ccccc1. The summed E-state index contributed by atoms with van der Waals surface area (Å²) in [5.74, 6) is -0.821. The highest BCUT2D eigenvalue weighted by Crippen LogP contribution is 2.25. The number of hydrogen-bond donors (Lipinski definition) is 1. The molecule has 0 aliphatic carbocycles. The smallest absolute Gasteiger partial charge is 0.264 e. The molecule has 0 saturated heterocycles. The van der Waals surface area contributed by atoms with E-state index in [0.717, 1.165) is 26.6 Å². The Morgan fingerprint density at radius 2 is 1.37 bits per heavy atom. The molecule has 0 fully saturated rings. The normalized spacial score (nSPS) is 11.9.